The van der Waals surface area contributed by atoms with Gasteiger partial charge in [0.25, 0.3) is 5.91 Å². The molecule has 0 saturated heterocycles. The molecule has 0 unspecified atom stereocenters. The SMILES string of the molecule is Cc1cc(C(=O)Nc2ccc(Oc3cc(-n4ccnc4C)ncn3)cc2)c(C)o1. The number of benzene rings is 1. The maximum absolute atomic E-state index is 12.4. The third kappa shape index (κ3) is 4.01. The van der Waals surface area contributed by atoms with E-state index in [0.717, 1.165) is 5.82 Å². The van der Waals surface area contributed by atoms with Gasteiger partial charge in [0.2, 0.25) is 5.88 Å². The molecule has 1 aromatic carbocycles. The average Bonchev–Trinajstić information content (AvgIpc) is 3.28. The summed E-state index contributed by atoms with van der Waals surface area (Å²) in [6.45, 7) is 5.46. The molecule has 0 bridgehead atoms. The van der Waals surface area contributed by atoms with Gasteiger partial charge in [-0.25, -0.2) is 15.0 Å². The van der Waals surface area contributed by atoms with E-state index in [-0.39, 0.29) is 5.91 Å². The second kappa shape index (κ2) is 7.59. The van der Waals surface area contributed by atoms with Crippen molar-refractivity contribution < 1.29 is 13.9 Å². The Morgan fingerprint density at radius 1 is 1.07 bits per heavy atom. The number of nitrogens with one attached hydrogen (secondary N) is 1. The Bertz CT molecular complexity index is 1160. The Balaban J connectivity index is 1.45. The molecule has 0 fully saturated rings. The molecule has 0 spiro atoms. The van der Waals surface area contributed by atoms with Crippen LogP contribution in [0.3, 0.4) is 0 Å². The maximum atomic E-state index is 12.4. The van der Waals surface area contributed by atoms with Gasteiger partial charge in [0.05, 0.1) is 5.56 Å². The van der Waals surface area contributed by atoms with Gasteiger partial charge in [0, 0.05) is 24.1 Å². The van der Waals surface area contributed by atoms with Gasteiger partial charge in [-0.15, -0.1) is 0 Å². The summed E-state index contributed by atoms with van der Waals surface area (Å²) >= 11 is 0. The summed E-state index contributed by atoms with van der Waals surface area (Å²) < 4.78 is 13.1. The number of amides is 1. The zero-order chi connectivity index (χ0) is 20.4. The molecule has 0 aliphatic rings. The maximum Gasteiger partial charge on any atom is 0.259 e. The smallest absolute Gasteiger partial charge is 0.259 e. The van der Waals surface area contributed by atoms with Crippen LogP contribution in [-0.2, 0) is 0 Å². The monoisotopic (exact) mass is 389 g/mol. The molecule has 0 atom stereocenters. The topological polar surface area (TPSA) is 95.1 Å². The molecule has 146 valence electrons. The van der Waals surface area contributed by atoms with Crippen molar-refractivity contribution in [1.29, 1.82) is 0 Å². The van der Waals surface area contributed by atoms with Gasteiger partial charge in [0.1, 0.15) is 35.2 Å². The van der Waals surface area contributed by atoms with E-state index in [2.05, 4.69) is 20.3 Å². The molecular formula is C21H19N5O3. The van der Waals surface area contributed by atoms with E-state index in [4.69, 9.17) is 9.15 Å². The molecule has 0 saturated carbocycles. The minimum atomic E-state index is -0.218. The second-order valence-corrected chi connectivity index (χ2v) is 6.47. The largest absolute Gasteiger partial charge is 0.466 e. The summed E-state index contributed by atoms with van der Waals surface area (Å²) in [6.07, 6.45) is 4.97. The fourth-order valence-electron chi connectivity index (χ4n) is 2.92. The van der Waals surface area contributed by atoms with E-state index in [9.17, 15) is 4.79 Å². The fourth-order valence-corrected chi connectivity index (χ4v) is 2.92. The van der Waals surface area contributed by atoms with Crippen molar-refractivity contribution in [3.63, 3.8) is 0 Å². The molecule has 3 aromatic heterocycles. The van der Waals surface area contributed by atoms with E-state index < -0.39 is 0 Å². The molecule has 3 heterocycles. The number of carbonyl (C=O) groups excluding carboxylic acids is 1. The highest BCUT2D eigenvalue weighted by molar-refractivity contribution is 6.05. The van der Waals surface area contributed by atoms with Crippen molar-refractivity contribution in [1.82, 2.24) is 19.5 Å². The third-order valence-corrected chi connectivity index (χ3v) is 4.32. The minimum absolute atomic E-state index is 0.218. The van der Waals surface area contributed by atoms with Gasteiger partial charge < -0.3 is 14.5 Å². The van der Waals surface area contributed by atoms with Gasteiger partial charge in [0.15, 0.2) is 0 Å². The van der Waals surface area contributed by atoms with Crippen LogP contribution in [0.1, 0.15) is 27.7 Å². The van der Waals surface area contributed by atoms with E-state index in [1.807, 2.05) is 24.6 Å². The summed E-state index contributed by atoms with van der Waals surface area (Å²) in [5, 5.41) is 2.85. The highest BCUT2D eigenvalue weighted by Crippen LogP contribution is 2.23. The van der Waals surface area contributed by atoms with Crippen molar-refractivity contribution in [2.75, 3.05) is 5.32 Å². The normalized spacial score (nSPS) is 10.7. The Morgan fingerprint density at radius 2 is 1.86 bits per heavy atom. The van der Waals surface area contributed by atoms with Crippen molar-refractivity contribution in [2.24, 2.45) is 0 Å². The number of nitrogens with zero attached hydrogens (tertiary/aromatic N) is 4. The van der Waals surface area contributed by atoms with Crippen LogP contribution in [0.25, 0.3) is 5.82 Å². The van der Waals surface area contributed by atoms with Gasteiger partial charge >= 0.3 is 0 Å². The Kier molecular flexibility index (Phi) is 4.82. The Morgan fingerprint density at radius 3 is 2.52 bits per heavy atom. The molecule has 0 aliphatic heterocycles. The Labute approximate surface area is 167 Å². The molecule has 4 aromatic rings. The second-order valence-electron chi connectivity index (χ2n) is 6.47. The van der Waals surface area contributed by atoms with Crippen molar-refractivity contribution in [3.05, 3.63) is 78.0 Å². The van der Waals surface area contributed by atoms with Crippen LogP contribution in [0, 0.1) is 20.8 Å². The molecule has 1 amide bonds. The van der Waals surface area contributed by atoms with Crippen LogP contribution in [0.2, 0.25) is 0 Å². The van der Waals surface area contributed by atoms with Gasteiger partial charge in [-0.1, -0.05) is 0 Å². The van der Waals surface area contributed by atoms with Crippen LogP contribution in [0.5, 0.6) is 11.6 Å². The number of aryl methyl sites for hydroxylation is 3. The number of hydrogen-bond donors (Lipinski definition) is 1. The number of aromatic nitrogens is 4. The molecule has 8 heteroatoms. The lowest BCUT2D eigenvalue weighted by Gasteiger charge is -2.09. The summed E-state index contributed by atoms with van der Waals surface area (Å²) in [7, 11) is 0. The van der Waals surface area contributed by atoms with Crippen LogP contribution in [-0.4, -0.2) is 25.4 Å². The zero-order valence-corrected chi connectivity index (χ0v) is 16.2. The summed E-state index contributed by atoms with van der Waals surface area (Å²) in [6, 6.07) is 10.5. The summed E-state index contributed by atoms with van der Waals surface area (Å²) in [5.74, 6) is 3.55. The predicted octanol–water partition coefficient (Wildman–Crippen LogP) is 4.23. The number of carbonyl (C=O) groups is 1. The van der Waals surface area contributed by atoms with Gasteiger partial charge in [-0.2, -0.15) is 0 Å². The van der Waals surface area contributed by atoms with E-state index in [1.54, 1.807) is 49.5 Å². The first kappa shape index (κ1) is 18.4. The molecule has 4 rings (SSSR count). The number of anilines is 1. The number of ether oxygens (including phenoxy) is 1. The fraction of sp³-hybridized carbons (Fsp3) is 0.143. The lowest BCUT2D eigenvalue weighted by molar-refractivity contribution is 0.102. The number of rotatable bonds is 5. The first-order valence-electron chi connectivity index (χ1n) is 8.98. The lowest BCUT2D eigenvalue weighted by Crippen LogP contribution is -2.11. The highest BCUT2D eigenvalue weighted by Gasteiger charge is 2.13. The van der Waals surface area contributed by atoms with E-state index in [0.29, 0.717) is 40.2 Å². The van der Waals surface area contributed by atoms with E-state index in [1.165, 1.54) is 6.33 Å². The van der Waals surface area contributed by atoms with Crippen molar-refractivity contribution in [2.45, 2.75) is 20.8 Å². The van der Waals surface area contributed by atoms with Gasteiger partial charge in [-0.05, 0) is 51.1 Å². The number of hydrogen-bond acceptors (Lipinski definition) is 6. The lowest BCUT2D eigenvalue weighted by atomic mass is 10.2. The molecule has 0 aliphatic carbocycles. The highest BCUT2D eigenvalue weighted by atomic mass is 16.5. The van der Waals surface area contributed by atoms with Crippen LogP contribution in [0.15, 0.2) is 59.5 Å². The standard InChI is InChI=1S/C21H19N5O3/c1-13-10-18(14(2)28-13)21(27)25-16-4-6-17(7-5-16)29-20-11-19(23-12-24-20)26-9-8-22-15(26)3/h4-12H,1-3H3,(H,25,27). The predicted molar refractivity (Wildman–Crippen MR) is 107 cm³/mol. The van der Waals surface area contributed by atoms with Gasteiger partial charge in [-0.3, -0.25) is 9.36 Å². The van der Waals surface area contributed by atoms with Crippen LogP contribution in [0.4, 0.5) is 5.69 Å². The first-order valence-corrected chi connectivity index (χ1v) is 8.98. The third-order valence-electron chi connectivity index (χ3n) is 4.32. The summed E-state index contributed by atoms with van der Waals surface area (Å²) in [5.41, 5.74) is 1.17. The number of furan rings is 1. The minimum Gasteiger partial charge on any atom is -0.466 e. The molecule has 1 N–H and O–H groups in total. The first-order chi connectivity index (χ1) is 14.0. The summed E-state index contributed by atoms with van der Waals surface area (Å²) in [4.78, 5) is 25.0. The quantitative estimate of drug-likeness (QED) is 0.549. The van der Waals surface area contributed by atoms with Crippen molar-refractivity contribution >= 4 is 11.6 Å². The molecule has 0 radical (unpaired) electrons. The Hall–Kier alpha value is -3.94. The van der Waals surface area contributed by atoms with Crippen LogP contribution < -0.4 is 10.1 Å². The molecule has 29 heavy (non-hydrogen) atoms. The number of imidazole rings is 1. The zero-order valence-electron chi connectivity index (χ0n) is 16.2. The van der Waals surface area contributed by atoms with Crippen LogP contribution >= 0.6 is 0 Å². The van der Waals surface area contributed by atoms with Crippen molar-refractivity contribution in [3.8, 4) is 17.4 Å². The molecule has 8 nitrogen and oxygen atoms in total. The molecular weight excluding hydrogens is 370 g/mol. The average molecular weight is 389 g/mol. The van der Waals surface area contributed by atoms with E-state index >= 15 is 0 Å².